The molecule has 0 fully saturated rings. The van der Waals surface area contributed by atoms with E-state index in [9.17, 15) is 4.79 Å². The number of pyridine rings is 1. The normalized spacial score (nSPS) is 10.4. The van der Waals surface area contributed by atoms with E-state index in [0.717, 1.165) is 22.1 Å². The van der Waals surface area contributed by atoms with Crippen LogP contribution in [-0.4, -0.2) is 16.9 Å². The predicted octanol–water partition coefficient (Wildman–Crippen LogP) is 2.62. The van der Waals surface area contributed by atoms with Gasteiger partial charge in [-0.25, -0.2) is 0 Å². The van der Waals surface area contributed by atoms with E-state index in [4.69, 9.17) is 10.5 Å². The Morgan fingerprint density at radius 3 is 2.90 bits per heavy atom. The van der Waals surface area contributed by atoms with Crippen molar-refractivity contribution in [2.45, 2.75) is 18.4 Å². The van der Waals surface area contributed by atoms with Crippen molar-refractivity contribution < 1.29 is 4.74 Å². The molecule has 0 amide bonds. The van der Waals surface area contributed by atoms with Gasteiger partial charge in [0, 0.05) is 35.1 Å². The molecule has 1 aromatic heterocycles. The van der Waals surface area contributed by atoms with E-state index in [1.807, 2.05) is 31.2 Å². The molecule has 0 aliphatic rings. The first-order valence-electron chi connectivity index (χ1n) is 6.51. The van der Waals surface area contributed by atoms with Gasteiger partial charge in [0.2, 0.25) is 0 Å². The molecule has 0 unspecified atom stereocenters. The Morgan fingerprint density at radius 1 is 1.30 bits per heavy atom. The summed E-state index contributed by atoms with van der Waals surface area (Å²) < 4.78 is 7.15. The summed E-state index contributed by atoms with van der Waals surface area (Å²) in [7, 11) is 0. The van der Waals surface area contributed by atoms with Gasteiger partial charge in [-0.3, -0.25) is 4.79 Å². The lowest BCUT2D eigenvalue weighted by atomic mass is 10.3. The summed E-state index contributed by atoms with van der Waals surface area (Å²) in [6.07, 6.45) is 1.79. The van der Waals surface area contributed by atoms with Gasteiger partial charge in [0.1, 0.15) is 5.75 Å². The number of aryl methyl sites for hydroxylation is 1. The quantitative estimate of drug-likeness (QED) is 0.656. The number of hydrogen-bond donors (Lipinski definition) is 1. The number of aromatic nitrogens is 1. The summed E-state index contributed by atoms with van der Waals surface area (Å²) in [6, 6.07) is 10.8. The van der Waals surface area contributed by atoms with Gasteiger partial charge < -0.3 is 15.0 Å². The molecule has 0 atom stereocenters. The number of hydrogen-bond acceptors (Lipinski definition) is 4. The van der Waals surface area contributed by atoms with E-state index < -0.39 is 0 Å². The third-order valence-electron chi connectivity index (χ3n) is 2.78. The minimum Gasteiger partial charge on any atom is -0.494 e. The second-order valence-corrected chi connectivity index (χ2v) is 5.35. The Balaban J connectivity index is 1.99. The molecule has 5 heteroatoms. The molecule has 0 aliphatic heterocycles. The van der Waals surface area contributed by atoms with Crippen LogP contribution < -0.4 is 16.0 Å². The van der Waals surface area contributed by atoms with Crippen LogP contribution in [0.1, 0.15) is 6.92 Å². The number of anilines is 1. The van der Waals surface area contributed by atoms with E-state index in [1.165, 1.54) is 0 Å². The van der Waals surface area contributed by atoms with E-state index >= 15 is 0 Å². The predicted molar refractivity (Wildman–Crippen MR) is 83.4 cm³/mol. The lowest BCUT2D eigenvalue weighted by Gasteiger charge is -2.09. The van der Waals surface area contributed by atoms with Gasteiger partial charge in [0.25, 0.3) is 5.56 Å². The molecule has 2 N–H and O–H groups in total. The molecule has 20 heavy (non-hydrogen) atoms. The molecule has 0 saturated carbocycles. The van der Waals surface area contributed by atoms with Crippen molar-refractivity contribution in [2.24, 2.45) is 0 Å². The Hall–Kier alpha value is -1.88. The van der Waals surface area contributed by atoms with Crippen LogP contribution in [0.4, 0.5) is 5.69 Å². The molecule has 0 radical (unpaired) electrons. The Morgan fingerprint density at radius 2 is 2.15 bits per heavy atom. The zero-order chi connectivity index (χ0) is 14.4. The number of nitrogens with two attached hydrogens (primary N) is 1. The molecule has 0 saturated heterocycles. The summed E-state index contributed by atoms with van der Waals surface area (Å²) in [5.74, 6) is 1.60. The van der Waals surface area contributed by atoms with Crippen LogP contribution in [0.3, 0.4) is 0 Å². The summed E-state index contributed by atoms with van der Waals surface area (Å²) >= 11 is 1.63. The fourth-order valence-corrected chi connectivity index (χ4v) is 2.74. The van der Waals surface area contributed by atoms with Crippen molar-refractivity contribution in [1.29, 1.82) is 0 Å². The van der Waals surface area contributed by atoms with E-state index in [-0.39, 0.29) is 5.56 Å². The van der Waals surface area contributed by atoms with E-state index in [1.54, 1.807) is 34.7 Å². The maximum atomic E-state index is 11.6. The average Bonchev–Trinajstić information content (AvgIpc) is 2.44. The fraction of sp³-hybridized carbons (Fsp3) is 0.267. The Bertz CT molecular complexity index is 625. The smallest absolute Gasteiger partial charge is 0.250 e. The number of nitrogen functional groups attached to an aromatic ring is 1. The molecule has 0 spiro atoms. The highest BCUT2D eigenvalue weighted by Crippen LogP contribution is 2.29. The third-order valence-corrected chi connectivity index (χ3v) is 3.84. The highest BCUT2D eigenvalue weighted by molar-refractivity contribution is 7.99. The van der Waals surface area contributed by atoms with Crippen molar-refractivity contribution in [3.63, 3.8) is 0 Å². The summed E-state index contributed by atoms with van der Waals surface area (Å²) in [4.78, 5) is 12.6. The SMILES string of the molecule is CCOc1ccc(N)c(SCCn2ccccc2=O)c1. The maximum Gasteiger partial charge on any atom is 0.250 e. The minimum absolute atomic E-state index is 0.0177. The van der Waals surface area contributed by atoms with Gasteiger partial charge in [-0.1, -0.05) is 6.07 Å². The number of nitrogens with zero attached hydrogens (tertiary/aromatic N) is 1. The van der Waals surface area contributed by atoms with Crippen LogP contribution in [0.25, 0.3) is 0 Å². The first kappa shape index (κ1) is 14.5. The maximum absolute atomic E-state index is 11.6. The molecule has 2 rings (SSSR count). The molecule has 106 valence electrons. The van der Waals surface area contributed by atoms with Crippen LogP contribution in [0.5, 0.6) is 5.75 Å². The molecule has 0 bridgehead atoms. The Labute approximate surface area is 122 Å². The molecule has 1 heterocycles. The van der Waals surface area contributed by atoms with Crippen LogP contribution >= 0.6 is 11.8 Å². The van der Waals surface area contributed by atoms with Gasteiger partial charge in [-0.05, 0) is 31.2 Å². The zero-order valence-electron chi connectivity index (χ0n) is 11.4. The fourth-order valence-electron chi connectivity index (χ4n) is 1.80. The molecule has 0 aliphatic carbocycles. The lowest BCUT2D eigenvalue weighted by Crippen LogP contribution is -2.18. The van der Waals surface area contributed by atoms with Gasteiger partial charge in [0.05, 0.1) is 6.61 Å². The first-order chi connectivity index (χ1) is 9.70. The highest BCUT2D eigenvalue weighted by Gasteiger charge is 2.03. The third kappa shape index (κ3) is 3.81. The standard InChI is InChI=1S/C15H18N2O2S/c1-2-19-12-6-7-13(16)14(11-12)20-10-9-17-8-4-3-5-15(17)18/h3-8,11H,2,9-10,16H2,1H3. The zero-order valence-corrected chi connectivity index (χ0v) is 12.2. The van der Waals surface area contributed by atoms with Crippen LogP contribution in [0, 0.1) is 0 Å². The minimum atomic E-state index is 0.0177. The van der Waals surface area contributed by atoms with Crippen LogP contribution in [-0.2, 0) is 6.54 Å². The number of rotatable bonds is 6. The first-order valence-corrected chi connectivity index (χ1v) is 7.50. The Kier molecular flexibility index (Phi) is 5.12. The molecule has 1 aromatic carbocycles. The second-order valence-electron chi connectivity index (χ2n) is 4.21. The van der Waals surface area contributed by atoms with Gasteiger partial charge in [0.15, 0.2) is 0 Å². The number of thioether (sulfide) groups is 1. The number of ether oxygens (including phenoxy) is 1. The largest absolute Gasteiger partial charge is 0.494 e. The van der Waals surface area contributed by atoms with Crippen molar-refractivity contribution in [3.05, 3.63) is 52.9 Å². The van der Waals surface area contributed by atoms with Crippen molar-refractivity contribution >= 4 is 17.4 Å². The second kappa shape index (κ2) is 7.05. The van der Waals surface area contributed by atoms with E-state index in [0.29, 0.717) is 13.2 Å². The average molecular weight is 290 g/mol. The van der Waals surface area contributed by atoms with E-state index in [2.05, 4.69) is 0 Å². The van der Waals surface area contributed by atoms with Crippen molar-refractivity contribution in [1.82, 2.24) is 4.57 Å². The van der Waals surface area contributed by atoms with Gasteiger partial charge in [-0.2, -0.15) is 0 Å². The van der Waals surface area contributed by atoms with Gasteiger partial charge >= 0.3 is 0 Å². The summed E-state index contributed by atoms with van der Waals surface area (Å²) in [5.41, 5.74) is 6.70. The van der Waals surface area contributed by atoms with Crippen molar-refractivity contribution in [2.75, 3.05) is 18.1 Å². The molecule has 2 aromatic rings. The number of benzene rings is 1. The van der Waals surface area contributed by atoms with Gasteiger partial charge in [-0.15, -0.1) is 11.8 Å². The summed E-state index contributed by atoms with van der Waals surface area (Å²) in [6.45, 7) is 3.24. The topological polar surface area (TPSA) is 57.2 Å². The summed E-state index contributed by atoms with van der Waals surface area (Å²) in [5, 5.41) is 0. The molecular weight excluding hydrogens is 272 g/mol. The molecular formula is C15H18N2O2S. The van der Waals surface area contributed by atoms with Crippen LogP contribution in [0.15, 0.2) is 52.3 Å². The van der Waals surface area contributed by atoms with Crippen LogP contribution in [0.2, 0.25) is 0 Å². The molecule has 4 nitrogen and oxygen atoms in total. The highest BCUT2D eigenvalue weighted by atomic mass is 32.2. The van der Waals surface area contributed by atoms with Crippen molar-refractivity contribution in [3.8, 4) is 5.75 Å². The lowest BCUT2D eigenvalue weighted by molar-refractivity contribution is 0.339. The monoisotopic (exact) mass is 290 g/mol.